The highest BCUT2D eigenvalue weighted by Gasteiger charge is 2.29. The van der Waals surface area contributed by atoms with Gasteiger partial charge in [0.15, 0.2) is 0 Å². The fourth-order valence-corrected chi connectivity index (χ4v) is 2.36. The molecule has 1 fully saturated rings. The van der Waals surface area contributed by atoms with Gasteiger partial charge in [0.05, 0.1) is 11.3 Å². The number of halogens is 3. The van der Waals surface area contributed by atoms with E-state index in [0.29, 0.717) is 11.5 Å². The van der Waals surface area contributed by atoms with Crippen molar-refractivity contribution >= 4 is 11.5 Å². The Kier molecular flexibility index (Phi) is 4.12. The van der Waals surface area contributed by atoms with Gasteiger partial charge in [-0.3, -0.25) is 0 Å². The normalized spacial score (nSPS) is 18.6. The topological polar surface area (TPSA) is 38.4 Å². The maximum Gasteiger partial charge on any atom is 0.416 e. The van der Waals surface area contributed by atoms with Crippen LogP contribution in [0.3, 0.4) is 0 Å². The van der Waals surface area contributed by atoms with E-state index in [9.17, 15) is 13.2 Å². The number of aliphatic imine (C=N–C) groups is 1. The molecule has 1 aromatic carbocycles. The summed E-state index contributed by atoms with van der Waals surface area (Å²) >= 11 is 0. The van der Waals surface area contributed by atoms with Crippen molar-refractivity contribution in [1.82, 2.24) is 0 Å². The molecule has 0 spiro atoms. The van der Waals surface area contributed by atoms with E-state index < -0.39 is 11.7 Å². The number of hydrogen-bond donors (Lipinski definition) is 1. The van der Waals surface area contributed by atoms with Crippen LogP contribution in [0, 0.1) is 5.92 Å². The Bertz CT molecular complexity index is 443. The molecule has 0 atom stereocenters. The predicted octanol–water partition coefficient (Wildman–Crippen LogP) is 4.27. The minimum atomic E-state index is -4.31. The summed E-state index contributed by atoms with van der Waals surface area (Å²) in [6, 6.07) is 4.79. The lowest BCUT2D eigenvalue weighted by Crippen LogP contribution is -2.25. The lowest BCUT2D eigenvalue weighted by atomic mass is 9.88. The van der Waals surface area contributed by atoms with Crippen molar-refractivity contribution in [3.05, 3.63) is 29.8 Å². The van der Waals surface area contributed by atoms with Crippen LogP contribution in [0.5, 0.6) is 0 Å². The molecule has 104 valence electrons. The van der Waals surface area contributed by atoms with Gasteiger partial charge in [-0.2, -0.15) is 13.2 Å². The first-order valence-corrected chi connectivity index (χ1v) is 6.48. The summed E-state index contributed by atoms with van der Waals surface area (Å²) in [6.07, 6.45) is 1.26. The van der Waals surface area contributed by atoms with Crippen LogP contribution in [-0.4, -0.2) is 5.84 Å². The van der Waals surface area contributed by atoms with Crippen LogP contribution < -0.4 is 5.73 Å². The third-order valence-corrected chi connectivity index (χ3v) is 3.48. The Balaban J connectivity index is 2.09. The van der Waals surface area contributed by atoms with Gasteiger partial charge in [0, 0.05) is 5.92 Å². The minimum absolute atomic E-state index is 0.274. The van der Waals surface area contributed by atoms with E-state index in [4.69, 9.17) is 5.73 Å². The number of nitrogens with two attached hydrogens (primary N) is 1. The largest absolute Gasteiger partial charge is 0.416 e. The quantitative estimate of drug-likeness (QED) is 0.632. The predicted molar refractivity (Wildman–Crippen MR) is 69.3 cm³/mol. The summed E-state index contributed by atoms with van der Waals surface area (Å²) in [4.78, 5) is 4.23. The van der Waals surface area contributed by atoms with Gasteiger partial charge in [-0.1, -0.05) is 19.3 Å². The van der Waals surface area contributed by atoms with Crippen LogP contribution in [0.25, 0.3) is 0 Å². The molecule has 0 bridgehead atoms. The Labute approximate surface area is 110 Å². The molecule has 0 saturated heterocycles. The average Bonchev–Trinajstić information content (AvgIpc) is 2.39. The summed E-state index contributed by atoms with van der Waals surface area (Å²) in [5.74, 6) is 0.815. The van der Waals surface area contributed by atoms with Gasteiger partial charge >= 0.3 is 6.18 Å². The van der Waals surface area contributed by atoms with Crippen LogP contribution in [-0.2, 0) is 6.18 Å². The van der Waals surface area contributed by atoms with Crippen molar-refractivity contribution in [3.63, 3.8) is 0 Å². The second-order valence-corrected chi connectivity index (χ2v) is 4.92. The number of nitrogens with zero attached hydrogens (tertiary/aromatic N) is 1. The fraction of sp³-hybridized carbons (Fsp3) is 0.500. The SMILES string of the molecule is NC(=Nc1ccc(C(F)(F)F)cc1)C1CCCCC1. The van der Waals surface area contributed by atoms with Gasteiger partial charge in [-0.15, -0.1) is 0 Å². The van der Waals surface area contributed by atoms with E-state index in [2.05, 4.69) is 4.99 Å². The molecule has 0 aliphatic heterocycles. The van der Waals surface area contributed by atoms with E-state index in [1.54, 1.807) is 0 Å². The van der Waals surface area contributed by atoms with Gasteiger partial charge in [0.25, 0.3) is 0 Å². The monoisotopic (exact) mass is 270 g/mol. The zero-order chi connectivity index (χ0) is 13.9. The van der Waals surface area contributed by atoms with Crippen LogP contribution >= 0.6 is 0 Å². The molecule has 1 aliphatic rings. The van der Waals surface area contributed by atoms with Gasteiger partial charge in [-0.25, -0.2) is 4.99 Å². The van der Waals surface area contributed by atoms with E-state index in [1.165, 1.54) is 18.6 Å². The summed E-state index contributed by atoms with van der Waals surface area (Å²) in [7, 11) is 0. The minimum Gasteiger partial charge on any atom is -0.387 e. The van der Waals surface area contributed by atoms with Gasteiger partial charge in [0.2, 0.25) is 0 Å². The highest BCUT2D eigenvalue weighted by molar-refractivity contribution is 5.85. The molecule has 5 heteroatoms. The standard InChI is InChI=1S/C14H17F3N2/c15-14(16,17)11-6-8-12(9-7-11)19-13(18)10-4-2-1-3-5-10/h6-10H,1-5H2,(H2,18,19). The number of alkyl halides is 3. The molecule has 2 rings (SSSR count). The lowest BCUT2D eigenvalue weighted by molar-refractivity contribution is -0.137. The second kappa shape index (κ2) is 5.63. The Morgan fingerprint density at radius 1 is 1.05 bits per heavy atom. The van der Waals surface area contributed by atoms with Crippen LogP contribution in [0.15, 0.2) is 29.3 Å². The average molecular weight is 270 g/mol. The second-order valence-electron chi connectivity index (χ2n) is 4.92. The molecule has 0 amide bonds. The Morgan fingerprint density at radius 2 is 1.63 bits per heavy atom. The van der Waals surface area contributed by atoms with E-state index in [-0.39, 0.29) is 5.92 Å². The summed E-state index contributed by atoms with van der Waals surface area (Å²) < 4.78 is 37.2. The number of amidine groups is 1. The van der Waals surface area contributed by atoms with Crippen LogP contribution in [0.1, 0.15) is 37.7 Å². The molecule has 0 aromatic heterocycles. The molecule has 0 heterocycles. The fourth-order valence-electron chi connectivity index (χ4n) is 2.36. The van der Waals surface area contributed by atoms with Gasteiger partial charge in [-0.05, 0) is 37.1 Å². The summed E-state index contributed by atoms with van der Waals surface area (Å²) in [5, 5.41) is 0. The first kappa shape index (κ1) is 13.9. The molecule has 0 unspecified atom stereocenters. The lowest BCUT2D eigenvalue weighted by Gasteiger charge is -2.20. The highest BCUT2D eigenvalue weighted by Crippen LogP contribution is 2.31. The Morgan fingerprint density at radius 3 is 2.16 bits per heavy atom. The van der Waals surface area contributed by atoms with Crippen molar-refractivity contribution in [2.45, 2.75) is 38.3 Å². The molecule has 1 aromatic rings. The number of hydrogen-bond acceptors (Lipinski definition) is 1. The van der Waals surface area contributed by atoms with Gasteiger partial charge in [0.1, 0.15) is 5.84 Å². The smallest absolute Gasteiger partial charge is 0.387 e. The number of rotatable bonds is 2. The third kappa shape index (κ3) is 3.72. The molecule has 2 N–H and O–H groups in total. The molecule has 1 aliphatic carbocycles. The first-order valence-electron chi connectivity index (χ1n) is 6.48. The van der Waals surface area contributed by atoms with Crippen LogP contribution in [0.2, 0.25) is 0 Å². The van der Waals surface area contributed by atoms with Gasteiger partial charge < -0.3 is 5.73 Å². The van der Waals surface area contributed by atoms with Crippen LogP contribution in [0.4, 0.5) is 18.9 Å². The summed E-state index contributed by atoms with van der Waals surface area (Å²) in [6.45, 7) is 0. The molecular formula is C14H17F3N2. The van der Waals surface area contributed by atoms with Crippen molar-refractivity contribution in [3.8, 4) is 0 Å². The molecule has 1 saturated carbocycles. The highest BCUT2D eigenvalue weighted by atomic mass is 19.4. The maximum atomic E-state index is 12.4. The van der Waals surface area contributed by atoms with E-state index in [1.807, 2.05) is 0 Å². The van der Waals surface area contributed by atoms with Crippen molar-refractivity contribution in [2.24, 2.45) is 16.6 Å². The molecule has 2 nitrogen and oxygen atoms in total. The van der Waals surface area contributed by atoms with E-state index in [0.717, 1.165) is 37.8 Å². The third-order valence-electron chi connectivity index (χ3n) is 3.48. The zero-order valence-electron chi connectivity index (χ0n) is 10.6. The Hall–Kier alpha value is -1.52. The first-order chi connectivity index (χ1) is 8.97. The van der Waals surface area contributed by atoms with Crippen molar-refractivity contribution < 1.29 is 13.2 Å². The van der Waals surface area contributed by atoms with Crippen molar-refractivity contribution in [2.75, 3.05) is 0 Å². The molecular weight excluding hydrogens is 253 g/mol. The van der Waals surface area contributed by atoms with Crippen molar-refractivity contribution in [1.29, 1.82) is 0 Å². The zero-order valence-corrected chi connectivity index (χ0v) is 10.6. The number of benzene rings is 1. The summed E-state index contributed by atoms with van der Waals surface area (Å²) in [5.41, 5.74) is 5.75. The molecule has 19 heavy (non-hydrogen) atoms. The van der Waals surface area contributed by atoms with E-state index >= 15 is 0 Å². The maximum absolute atomic E-state index is 12.4. The molecule has 0 radical (unpaired) electrons.